The highest BCUT2D eigenvalue weighted by atomic mass is 35.5. The van der Waals surface area contributed by atoms with Crippen molar-refractivity contribution in [1.29, 1.82) is 0 Å². The molecule has 0 saturated carbocycles. The van der Waals surface area contributed by atoms with E-state index in [9.17, 15) is 31.1 Å². The van der Waals surface area contributed by atoms with E-state index in [-0.39, 0.29) is 11.4 Å². The number of nitrogens with one attached hydrogen (secondary N) is 2. The Bertz CT molecular complexity index is 1060. The summed E-state index contributed by atoms with van der Waals surface area (Å²) >= 11 is 5.73. The maximum atomic E-state index is 13.6. The average molecular weight is 449 g/mol. The van der Waals surface area contributed by atoms with Gasteiger partial charge in [-0.2, -0.15) is 31.4 Å². The number of urea groups is 1. The molecule has 2 aromatic carbocycles. The van der Waals surface area contributed by atoms with E-state index in [1.807, 2.05) is 5.32 Å². The van der Waals surface area contributed by atoms with E-state index in [2.05, 4.69) is 10.4 Å². The fourth-order valence-electron chi connectivity index (χ4n) is 2.55. The van der Waals surface area contributed by atoms with Gasteiger partial charge in [-0.3, -0.25) is 0 Å². The summed E-state index contributed by atoms with van der Waals surface area (Å²) in [6.45, 7) is 0. The molecule has 3 rings (SSSR count). The predicted molar refractivity (Wildman–Crippen MR) is 97.7 cm³/mol. The number of rotatable bonds is 3. The van der Waals surface area contributed by atoms with Gasteiger partial charge in [0, 0.05) is 10.7 Å². The standard InChI is InChI=1S/C18H11ClF6N4O/c19-11-4-6-13(7-5-11)29-15(18(23,24)25)14(9-26-29)28-16(30)27-12-3-1-2-10(8-12)17(20,21)22/h1-9H,(H2,27,28,30). The number of anilines is 2. The van der Waals surface area contributed by atoms with Crippen LogP contribution in [0.4, 0.5) is 42.5 Å². The van der Waals surface area contributed by atoms with E-state index >= 15 is 0 Å². The van der Waals surface area contributed by atoms with Gasteiger partial charge >= 0.3 is 18.4 Å². The van der Waals surface area contributed by atoms with Crippen LogP contribution >= 0.6 is 11.6 Å². The van der Waals surface area contributed by atoms with Crippen molar-refractivity contribution in [2.75, 3.05) is 10.6 Å². The van der Waals surface area contributed by atoms with Crippen LogP contribution in [-0.2, 0) is 12.4 Å². The number of hydrogen-bond donors (Lipinski definition) is 2. The molecule has 0 saturated heterocycles. The highest BCUT2D eigenvalue weighted by Gasteiger charge is 2.39. The number of hydrogen-bond acceptors (Lipinski definition) is 2. The van der Waals surface area contributed by atoms with Crippen molar-refractivity contribution in [3.8, 4) is 5.69 Å². The zero-order valence-electron chi connectivity index (χ0n) is 14.6. The zero-order chi connectivity index (χ0) is 22.1. The molecule has 0 bridgehead atoms. The number of alkyl halides is 6. The van der Waals surface area contributed by atoms with Crippen LogP contribution in [0, 0.1) is 0 Å². The fourth-order valence-corrected chi connectivity index (χ4v) is 2.67. The minimum atomic E-state index is -4.89. The first-order chi connectivity index (χ1) is 13.9. The van der Waals surface area contributed by atoms with Crippen molar-refractivity contribution in [3.63, 3.8) is 0 Å². The third-order valence-corrected chi connectivity index (χ3v) is 4.06. The second-order valence-corrected chi connectivity index (χ2v) is 6.39. The van der Waals surface area contributed by atoms with Gasteiger partial charge in [-0.1, -0.05) is 17.7 Å². The molecule has 2 amide bonds. The van der Waals surface area contributed by atoms with Gasteiger partial charge in [-0.05, 0) is 42.5 Å². The van der Waals surface area contributed by atoms with Crippen LogP contribution in [0.2, 0.25) is 5.02 Å². The van der Waals surface area contributed by atoms with Crippen molar-refractivity contribution >= 4 is 29.0 Å². The van der Waals surface area contributed by atoms with Crippen LogP contribution in [-0.4, -0.2) is 15.8 Å². The summed E-state index contributed by atoms with van der Waals surface area (Å²) in [5, 5.41) is 7.99. The van der Waals surface area contributed by atoms with Gasteiger partial charge in [0.2, 0.25) is 0 Å². The van der Waals surface area contributed by atoms with E-state index in [4.69, 9.17) is 11.6 Å². The highest BCUT2D eigenvalue weighted by Crippen LogP contribution is 2.36. The minimum Gasteiger partial charge on any atom is -0.308 e. The molecule has 1 aromatic heterocycles. The lowest BCUT2D eigenvalue weighted by molar-refractivity contribution is -0.142. The molecule has 12 heteroatoms. The summed E-state index contributed by atoms with van der Waals surface area (Å²) in [5.74, 6) is 0. The maximum absolute atomic E-state index is 13.6. The normalized spacial score (nSPS) is 12.0. The molecule has 0 radical (unpaired) electrons. The first kappa shape index (κ1) is 21.5. The maximum Gasteiger partial charge on any atom is 0.435 e. The van der Waals surface area contributed by atoms with E-state index < -0.39 is 35.3 Å². The van der Waals surface area contributed by atoms with E-state index in [1.165, 1.54) is 24.3 Å². The first-order valence-electron chi connectivity index (χ1n) is 8.11. The molecular weight excluding hydrogens is 438 g/mol. The van der Waals surface area contributed by atoms with Crippen molar-refractivity contribution in [2.45, 2.75) is 12.4 Å². The Morgan fingerprint density at radius 2 is 1.60 bits per heavy atom. The van der Waals surface area contributed by atoms with Gasteiger partial charge in [0.15, 0.2) is 5.69 Å². The molecule has 3 aromatic rings. The zero-order valence-corrected chi connectivity index (χ0v) is 15.4. The van der Waals surface area contributed by atoms with Crippen LogP contribution in [0.15, 0.2) is 54.7 Å². The fraction of sp³-hybridized carbons (Fsp3) is 0.111. The summed E-state index contributed by atoms with van der Waals surface area (Å²) in [7, 11) is 0. The summed E-state index contributed by atoms with van der Waals surface area (Å²) in [5.41, 5.74) is -3.18. The molecule has 0 aliphatic carbocycles. The van der Waals surface area contributed by atoms with E-state index in [0.717, 1.165) is 24.4 Å². The highest BCUT2D eigenvalue weighted by molar-refractivity contribution is 6.30. The SMILES string of the molecule is O=C(Nc1cccc(C(F)(F)F)c1)Nc1cnn(-c2ccc(Cl)cc2)c1C(F)(F)F. The Kier molecular flexibility index (Phi) is 5.66. The molecule has 5 nitrogen and oxygen atoms in total. The van der Waals surface area contributed by atoms with E-state index in [0.29, 0.717) is 15.8 Å². The van der Waals surface area contributed by atoms with Crippen molar-refractivity contribution in [1.82, 2.24) is 9.78 Å². The largest absolute Gasteiger partial charge is 0.435 e. The summed E-state index contributed by atoms with van der Waals surface area (Å²) in [6.07, 6.45) is -8.75. The molecule has 0 atom stereocenters. The molecule has 0 unspecified atom stereocenters. The molecule has 158 valence electrons. The van der Waals surface area contributed by atoms with Crippen molar-refractivity contribution in [3.05, 3.63) is 71.0 Å². The molecular formula is C18H11ClF6N4O. The third-order valence-electron chi connectivity index (χ3n) is 3.80. The van der Waals surface area contributed by atoms with Crippen LogP contribution in [0.5, 0.6) is 0 Å². The number of amides is 2. The van der Waals surface area contributed by atoms with Crippen LogP contribution in [0.1, 0.15) is 11.3 Å². The van der Waals surface area contributed by atoms with Gasteiger partial charge < -0.3 is 10.6 Å². The molecule has 30 heavy (non-hydrogen) atoms. The third kappa shape index (κ3) is 4.85. The number of aromatic nitrogens is 2. The monoisotopic (exact) mass is 448 g/mol. The van der Waals surface area contributed by atoms with Gasteiger partial charge in [0.25, 0.3) is 0 Å². The van der Waals surface area contributed by atoms with Crippen molar-refractivity contribution < 1.29 is 31.1 Å². The predicted octanol–water partition coefficient (Wildman–Crippen LogP) is 6.21. The van der Waals surface area contributed by atoms with Gasteiger partial charge in [0.05, 0.1) is 23.1 Å². The van der Waals surface area contributed by atoms with Crippen LogP contribution in [0.3, 0.4) is 0 Å². The molecule has 0 spiro atoms. The Balaban J connectivity index is 1.86. The van der Waals surface area contributed by atoms with Gasteiger partial charge in [0.1, 0.15) is 0 Å². The number of carbonyl (C=O) groups excluding carboxylic acids is 1. The van der Waals surface area contributed by atoms with Crippen LogP contribution in [0.25, 0.3) is 5.69 Å². The Labute approximate surface area is 170 Å². The summed E-state index contributed by atoms with van der Waals surface area (Å²) in [4.78, 5) is 12.1. The lowest BCUT2D eigenvalue weighted by atomic mass is 10.2. The molecule has 0 fully saturated rings. The van der Waals surface area contributed by atoms with Gasteiger partial charge in [-0.25, -0.2) is 9.48 Å². The quantitative estimate of drug-likeness (QED) is 0.468. The van der Waals surface area contributed by atoms with Crippen LogP contribution < -0.4 is 10.6 Å². The molecule has 0 aliphatic heterocycles. The Morgan fingerprint density at radius 1 is 0.933 bits per heavy atom. The second kappa shape index (κ2) is 7.90. The summed E-state index contributed by atoms with van der Waals surface area (Å²) < 4.78 is 79.6. The molecule has 2 N–H and O–H groups in total. The topological polar surface area (TPSA) is 59.0 Å². The Hall–Kier alpha value is -3.21. The number of nitrogens with zero attached hydrogens (tertiary/aromatic N) is 2. The lowest BCUT2D eigenvalue weighted by Crippen LogP contribution is -2.22. The summed E-state index contributed by atoms with van der Waals surface area (Å²) in [6, 6.07) is 7.83. The van der Waals surface area contributed by atoms with E-state index in [1.54, 1.807) is 0 Å². The molecule has 0 aliphatic rings. The van der Waals surface area contributed by atoms with Gasteiger partial charge in [-0.15, -0.1) is 0 Å². The minimum absolute atomic E-state index is 0.0399. The average Bonchev–Trinajstić information content (AvgIpc) is 3.05. The number of benzene rings is 2. The first-order valence-corrected chi connectivity index (χ1v) is 8.49. The smallest absolute Gasteiger partial charge is 0.308 e. The molecule has 1 heterocycles. The Morgan fingerprint density at radius 3 is 2.20 bits per heavy atom. The lowest BCUT2D eigenvalue weighted by Gasteiger charge is -2.14. The number of carbonyl (C=O) groups is 1. The van der Waals surface area contributed by atoms with Crippen molar-refractivity contribution in [2.24, 2.45) is 0 Å². The second-order valence-electron chi connectivity index (χ2n) is 5.95. The number of halogens is 7.